The first-order valence-electron chi connectivity index (χ1n) is 8.18. The first-order chi connectivity index (χ1) is 11.7. The zero-order valence-corrected chi connectivity index (χ0v) is 16.7. The van der Waals surface area contributed by atoms with E-state index in [4.69, 9.17) is 9.47 Å². The van der Waals surface area contributed by atoms with Gasteiger partial charge in [-0.15, -0.1) is 11.3 Å². The van der Waals surface area contributed by atoms with E-state index in [9.17, 15) is 4.79 Å². The van der Waals surface area contributed by atoms with Gasteiger partial charge in [0, 0.05) is 17.0 Å². The molecular formula is C19H26N2O3S. The highest BCUT2D eigenvalue weighted by molar-refractivity contribution is 7.14. The van der Waals surface area contributed by atoms with E-state index < -0.39 is 0 Å². The Morgan fingerprint density at radius 3 is 2.44 bits per heavy atom. The van der Waals surface area contributed by atoms with Crippen LogP contribution in [-0.4, -0.2) is 25.1 Å². The van der Waals surface area contributed by atoms with Crippen molar-refractivity contribution in [2.75, 3.05) is 14.2 Å². The zero-order chi connectivity index (χ0) is 18.8. The van der Waals surface area contributed by atoms with Crippen LogP contribution in [0.1, 0.15) is 59.7 Å². The van der Waals surface area contributed by atoms with Crippen molar-refractivity contribution in [3.63, 3.8) is 0 Å². The van der Waals surface area contributed by atoms with Gasteiger partial charge in [0.05, 0.1) is 31.0 Å². The SMILES string of the molecule is COc1ccc(C(C)NC(=O)c2sc(C(C)(C)C)nc2C)c(OC)c1. The molecule has 0 bridgehead atoms. The number of aryl methyl sites for hydroxylation is 1. The smallest absolute Gasteiger partial charge is 0.263 e. The first kappa shape index (κ1) is 19.2. The number of hydrogen-bond donors (Lipinski definition) is 1. The van der Waals surface area contributed by atoms with Gasteiger partial charge in [-0.25, -0.2) is 4.98 Å². The fraction of sp³-hybridized carbons (Fsp3) is 0.474. The summed E-state index contributed by atoms with van der Waals surface area (Å²) < 4.78 is 10.6. The van der Waals surface area contributed by atoms with E-state index in [1.54, 1.807) is 14.2 Å². The molecule has 1 heterocycles. The number of carbonyl (C=O) groups excluding carboxylic acids is 1. The number of hydrogen-bond acceptors (Lipinski definition) is 5. The predicted octanol–water partition coefficient (Wildman–Crippen LogP) is 4.26. The average molecular weight is 362 g/mol. The van der Waals surface area contributed by atoms with Crippen LogP contribution >= 0.6 is 11.3 Å². The second-order valence-electron chi connectivity index (χ2n) is 6.99. The molecule has 1 atom stereocenters. The normalized spacial score (nSPS) is 12.6. The van der Waals surface area contributed by atoms with Gasteiger partial charge >= 0.3 is 0 Å². The molecule has 2 aromatic rings. The molecule has 5 nitrogen and oxygen atoms in total. The summed E-state index contributed by atoms with van der Waals surface area (Å²) in [6.07, 6.45) is 0. The van der Waals surface area contributed by atoms with E-state index in [2.05, 4.69) is 31.1 Å². The first-order valence-corrected chi connectivity index (χ1v) is 8.99. The maximum absolute atomic E-state index is 12.7. The summed E-state index contributed by atoms with van der Waals surface area (Å²) in [4.78, 5) is 17.9. The molecule has 1 aromatic carbocycles. The third-order valence-electron chi connectivity index (χ3n) is 3.90. The lowest BCUT2D eigenvalue weighted by Gasteiger charge is -2.18. The number of nitrogens with zero attached hydrogens (tertiary/aromatic N) is 1. The average Bonchev–Trinajstić information content (AvgIpc) is 2.96. The number of nitrogens with one attached hydrogen (secondary N) is 1. The van der Waals surface area contributed by atoms with Crippen molar-refractivity contribution in [1.82, 2.24) is 10.3 Å². The van der Waals surface area contributed by atoms with E-state index in [1.165, 1.54) is 11.3 Å². The Morgan fingerprint density at radius 1 is 1.24 bits per heavy atom. The molecule has 0 aliphatic heterocycles. The molecule has 1 amide bonds. The van der Waals surface area contributed by atoms with Crippen molar-refractivity contribution in [3.8, 4) is 11.5 Å². The van der Waals surface area contributed by atoms with Gasteiger partial charge in [-0.1, -0.05) is 20.8 Å². The Hall–Kier alpha value is -2.08. The third-order valence-corrected chi connectivity index (χ3v) is 5.48. The number of thiazole rings is 1. The zero-order valence-electron chi connectivity index (χ0n) is 15.9. The van der Waals surface area contributed by atoms with Crippen LogP contribution in [0.25, 0.3) is 0 Å². The Labute approximate surface area is 153 Å². The molecule has 6 heteroatoms. The Balaban J connectivity index is 2.22. The molecule has 2 rings (SSSR count). The Kier molecular flexibility index (Phi) is 5.72. The van der Waals surface area contributed by atoms with Crippen LogP contribution in [0, 0.1) is 6.92 Å². The topological polar surface area (TPSA) is 60.5 Å². The van der Waals surface area contributed by atoms with E-state index in [-0.39, 0.29) is 17.4 Å². The van der Waals surface area contributed by atoms with Crippen molar-refractivity contribution >= 4 is 17.2 Å². The van der Waals surface area contributed by atoms with Gasteiger partial charge in [-0.05, 0) is 26.0 Å². The number of aromatic nitrogens is 1. The largest absolute Gasteiger partial charge is 0.497 e. The monoisotopic (exact) mass is 362 g/mol. The van der Waals surface area contributed by atoms with Crippen molar-refractivity contribution in [1.29, 1.82) is 0 Å². The molecular weight excluding hydrogens is 336 g/mol. The summed E-state index contributed by atoms with van der Waals surface area (Å²) in [5.41, 5.74) is 1.59. The molecule has 136 valence electrons. The molecule has 0 saturated heterocycles. The summed E-state index contributed by atoms with van der Waals surface area (Å²) >= 11 is 1.45. The number of carbonyl (C=O) groups is 1. The third kappa shape index (κ3) is 4.31. The van der Waals surface area contributed by atoms with Crippen LogP contribution in [0.5, 0.6) is 11.5 Å². The van der Waals surface area contributed by atoms with Gasteiger partial charge in [0.15, 0.2) is 0 Å². The molecule has 0 aliphatic rings. The van der Waals surface area contributed by atoms with Crippen molar-refractivity contribution in [3.05, 3.63) is 39.3 Å². The highest BCUT2D eigenvalue weighted by Crippen LogP contribution is 2.31. The van der Waals surface area contributed by atoms with Crippen LogP contribution < -0.4 is 14.8 Å². The summed E-state index contributed by atoms with van der Waals surface area (Å²) in [6.45, 7) is 10.1. The minimum atomic E-state index is -0.201. The molecule has 0 saturated carbocycles. The molecule has 1 N–H and O–H groups in total. The molecule has 1 aromatic heterocycles. The van der Waals surface area contributed by atoms with Gasteiger partial charge in [-0.2, -0.15) is 0 Å². The Morgan fingerprint density at radius 2 is 1.92 bits per heavy atom. The lowest BCUT2D eigenvalue weighted by atomic mass is 9.98. The van der Waals surface area contributed by atoms with Crippen molar-refractivity contribution < 1.29 is 14.3 Å². The van der Waals surface area contributed by atoms with Crippen LogP contribution in [0.15, 0.2) is 18.2 Å². The van der Waals surface area contributed by atoms with Gasteiger partial charge in [0.25, 0.3) is 5.91 Å². The highest BCUT2D eigenvalue weighted by atomic mass is 32.1. The van der Waals surface area contributed by atoms with Crippen LogP contribution in [0.4, 0.5) is 0 Å². The molecule has 25 heavy (non-hydrogen) atoms. The highest BCUT2D eigenvalue weighted by Gasteiger charge is 2.24. The summed E-state index contributed by atoms with van der Waals surface area (Å²) in [7, 11) is 3.22. The lowest BCUT2D eigenvalue weighted by Crippen LogP contribution is -2.26. The van der Waals surface area contributed by atoms with Crippen LogP contribution in [0.2, 0.25) is 0 Å². The number of rotatable bonds is 5. The van der Waals surface area contributed by atoms with Crippen LogP contribution in [0.3, 0.4) is 0 Å². The number of ether oxygens (including phenoxy) is 2. The molecule has 0 radical (unpaired) electrons. The van der Waals surface area contributed by atoms with E-state index in [0.717, 1.165) is 16.3 Å². The van der Waals surface area contributed by atoms with Gasteiger partial charge < -0.3 is 14.8 Å². The summed E-state index contributed by atoms with van der Waals surface area (Å²) in [6, 6.07) is 5.37. The fourth-order valence-corrected chi connectivity index (χ4v) is 3.47. The van der Waals surface area contributed by atoms with Gasteiger partial charge in [0.1, 0.15) is 16.4 Å². The van der Waals surface area contributed by atoms with Crippen molar-refractivity contribution in [2.24, 2.45) is 0 Å². The summed E-state index contributed by atoms with van der Waals surface area (Å²) in [5, 5.41) is 4.00. The fourth-order valence-electron chi connectivity index (χ4n) is 2.44. The minimum absolute atomic E-state index is 0.0707. The number of methoxy groups -OCH3 is 2. The van der Waals surface area contributed by atoms with Crippen LogP contribution in [-0.2, 0) is 5.41 Å². The van der Waals surface area contributed by atoms with E-state index >= 15 is 0 Å². The number of benzene rings is 1. The predicted molar refractivity (Wildman–Crippen MR) is 101 cm³/mol. The van der Waals surface area contributed by atoms with Crippen molar-refractivity contribution in [2.45, 2.75) is 46.1 Å². The molecule has 0 fully saturated rings. The van der Waals surface area contributed by atoms with Gasteiger partial charge in [-0.3, -0.25) is 4.79 Å². The molecule has 0 aliphatic carbocycles. The minimum Gasteiger partial charge on any atom is -0.497 e. The lowest BCUT2D eigenvalue weighted by molar-refractivity contribution is 0.0943. The number of amides is 1. The maximum Gasteiger partial charge on any atom is 0.263 e. The standard InChI is InChI=1S/C19H26N2O3S/c1-11(14-9-8-13(23-6)10-15(14)24-7)20-17(22)16-12(2)21-18(25-16)19(3,4)5/h8-11H,1-7H3,(H,20,22). The quantitative estimate of drug-likeness (QED) is 0.863. The van der Waals surface area contributed by atoms with Gasteiger partial charge in [0.2, 0.25) is 0 Å². The summed E-state index contributed by atoms with van der Waals surface area (Å²) in [5.74, 6) is 1.28. The maximum atomic E-state index is 12.7. The molecule has 1 unspecified atom stereocenters. The Bertz CT molecular complexity index is 763. The second kappa shape index (κ2) is 7.44. The second-order valence-corrected chi connectivity index (χ2v) is 7.99. The molecule has 0 spiro atoms. The van der Waals surface area contributed by atoms with E-state index in [1.807, 2.05) is 32.0 Å². The van der Waals surface area contributed by atoms with E-state index in [0.29, 0.717) is 16.4 Å².